The first-order valence-electron chi connectivity index (χ1n) is 6.38. The van der Waals surface area contributed by atoms with Gasteiger partial charge in [-0.3, -0.25) is 0 Å². The monoisotopic (exact) mass is 296 g/mol. The maximum atomic E-state index is 11.8. The number of rotatable bonds is 8. The number of anilines is 1. The second-order valence-electron chi connectivity index (χ2n) is 4.37. The third-order valence-corrected chi connectivity index (χ3v) is 4.10. The van der Waals surface area contributed by atoms with Crippen LogP contribution >= 0.6 is 0 Å². The van der Waals surface area contributed by atoms with Crippen molar-refractivity contribution in [1.82, 2.24) is 4.72 Å². The number of nitrogens with two attached hydrogens (primary N) is 1. The van der Waals surface area contributed by atoms with Crippen LogP contribution < -0.4 is 15.2 Å². The third-order valence-electron chi connectivity index (χ3n) is 2.70. The van der Waals surface area contributed by atoms with E-state index >= 15 is 0 Å². The molecule has 0 aliphatic carbocycles. The first-order chi connectivity index (χ1) is 9.46. The molecule has 0 radical (unpaired) electrons. The second kappa shape index (κ2) is 7.78. The molecule has 6 heteroatoms. The average molecular weight is 296 g/mol. The Hall–Kier alpha value is -1.71. The molecule has 0 aliphatic rings. The van der Waals surface area contributed by atoms with Gasteiger partial charge in [0, 0.05) is 18.2 Å². The summed E-state index contributed by atoms with van der Waals surface area (Å²) in [6, 6.07) is 6.57. The summed E-state index contributed by atoms with van der Waals surface area (Å²) in [5.41, 5.74) is 6.18. The Morgan fingerprint density at radius 2 is 2.05 bits per heavy atom. The molecule has 1 aromatic rings. The molecule has 0 saturated carbocycles. The summed E-state index contributed by atoms with van der Waals surface area (Å²) in [4.78, 5) is 0. The van der Waals surface area contributed by atoms with Gasteiger partial charge in [0.05, 0.1) is 5.75 Å². The Morgan fingerprint density at radius 3 is 2.60 bits per heavy atom. The van der Waals surface area contributed by atoms with Crippen molar-refractivity contribution >= 4 is 15.7 Å². The van der Waals surface area contributed by atoms with Gasteiger partial charge in [0.25, 0.3) is 0 Å². The van der Waals surface area contributed by atoms with E-state index in [0.29, 0.717) is 24.3 Å². The highest BCUT2D eigenvalue weighted by atomic mass is 32.2. The fraction of sp³-hybridized carbons (Fsp3) is 0.429. The molecule has 110 valence electrons. The number of ether oxygens (including phenoxy) is 1. The van der Waals surface area contributed by atoms with Crippen LogP contribution in [0.15, 0.2) is 24.3 Å². The molecule has 0 heterocycles. The summed E-state index contributed by atoms with van der Waals surface area (Å²) in [6.07, 6.45) is 6.23. The van der Waals surface area contributed by atoms with E-state index in [1.54, 1.807) is 24.3 Å². The molecule has 20 heavy (non-hydrogen) atoms. The highest BCUT2D eigenvalue weighted by molar-refractivity contribution is 7.89. The van der Waals surface area contributed by atoms with Crippen molar-refractivity contribution in [2.24, 2.45) is 0 Å². The maximum Gasteiger partial charge on any atom is 0.215 e. The minimum absolute atomic E-state index is 0.0751. The van der Waals surface area contributed by atoms with E-state index in [4.69, 9.17) is 16.9 Å². The Kier molecular flexibility index (Phi) is 6.36. The van der Waals surface area contributed by atoms with E-state index < -0.39 is 10.0 Å². The number of nitrogen functional groups attached to an aromatic ring is 1. The van der Waals surface area contributed by atoms with E-state index in [-0.39, 0.29) is 18.4 Å². The molecule has 1 atom stereocenters. The molecule has 0 bridgehead atoms. The van der Waals surface area contributed by atoms with E-state index in [0.717, 1.165) is 0 Å². The smallest absolute Gasteiger partial charge is 0.215 e. The van der Waals surface area contributed by atoms with E-state index in [1.807, 2.05) is 6.92 Å². The topological polar surface area (TPSA) is 81.4 Å². The highest BCUT2D eigenvalue weighted by Crippen LogP contribution is 2.13. The molecule has 0 spiro atoms. The molecular formula is C14H20N2O3S. The lowest BCUT2D eigenvalue weighted by molar-refractivity contribution is 0.340. The van der Waals surface area contributed by atoms with Gasteiger partial charge in [0.1, 0.15) is 12.4 Å². The van der Waals surface area contributed by atoms with Crippen molar-refractivity contribution in [2.45, 2.75) is 25.8 Å². The fourth-order valence-corrected chi connectivity index (χ4v) is 2.74. The number of hydrogen-bond acceptors (Lipinski definition) is 4. The first-order valence-corrected chi connectivity index (χ1v) is 8.04. The van der Waals surface area contributed by atoms with Crippen LogP contribution in [0.1, 0.15) is 19.8 Å². The molecular weight excluding hydrogens is 276 g/mol. The number of nitrogens with one attached hydrogen (secondary N) is 1. The Bertz CT molecular complexity index is 547. The Balaban J connectivity index is 2.43. The van der Waals surface area contributed by atoms with Crippen molar-refractivity contribution in [3.63, 3.8) is 0 Å². The molecule has 0 saturated heterocycles. The summed E-state index contributed by atoms with van der Waals surface area (Å²) in [6.45, 7) is 1.96. The molecule has 5 nitrogen and oxygen atoms in total. The predicted molar refractivity (Wildman–Crippen MR) is 80.8 cm³/mol. The summed E-state index contributed by atoms with van der Waals surface area (Å²) >= 11 is 0. The SMILES string of the molecule is C#CCC(CC)NS(=O)(=O)CCOc1ccc(N)cc1. The molecule has 0 aromatic heterocycles. The van der Waals surface area contributed by atoms with E-state index in [1.165, 1.54) is 0 Å². The van der Waals surface area contributed by atoms with Gasteiger partial charge in [-0.2, -0.15) is 0 Å². The minimum atomic E-state index is -3.39. The van der Waals surface area contributed by atoms with Crippen LogP contribution in [0.2, 0.25) is 0 Å². The van der Waals surface area contributed by atoms with Crippen molar-refractivity contribution in [3.05, 3.63) is 24.3 Å². The zero-order chi connectivity index (χ0) is 15.0. The quantitative estimate of drug-likeness (QED) is 0.561. The number of sulfonamides is 1. The van der Waals surface area contributed by atoms with Gasteiger partial charge in [-0.15, -0.1) is 12.3 Å². The van der Waals surface area contributed by atoms with Crippen LogP contribution in [-0.2, 0) is 10.0 Å². The number of terminal acetylenes is 1. The van der Waals surface area contributed by atoms with Crippen molar-refractivity contribution < 1.29 is 13.2 Å². The molecule has 0 aliphatic heterocycles. The number of hydrogen-bond donors (Lipinski definition) is 2. The molecule has 1 rings (SSSR count). The van der Waals surface area contributed by atoms with E-state index in [9.17, 15) is 8.42 Å². The summed E-state index contributed by atoms with van der Waals surface area (Å²) in [5, 5.41) is 0. The standard InChI is InChI=1S/C14H20N2O3S/c1-3-5-13(4-2)16-20(17,18)11-10-19-14-8-6-12(15)7-9-14/h1,6-9,13,16H,4-5,10-11,15H2,2H3. The zero-order valence-electron chi connectivity index (χ0n) is 11.5. The average Bonchev–Trinajstić information content (AvgIpc) is 2.40. The van der Waals surface area contributed by atoms with Gasteiger partial charge >= 0.3 is 0 Å². The van der Waals surface area contributed by atoms with Gasteiger partial charge in [-0.25, -0.2) is 13.1 Å². The second-order valence-corrected chi connectivity index (χ2v) is 6.24. The maximum absolute atomic E-state index is 11.8. The third kappa shape index (κ3) is 5.95. The van der Waals surface area contributed by atoms with Crippen molar-refractivity contribution in [3.8, 4) is 18.1 Å². The van der Waals surface area contributed by atoms with Crippen molar-refractivity contribution in [2.75, 3.05) is 18.1 Å². The molecule has 1 aromatic carbocycles. The summed E-state index contributed by atoms with van der Waals surface area (Å²) in [7, 11) is -3.39. The first kappa shape index (κ1) is 16.3. The van der Waals surface area contributed by atoms with Gasteiger partial charge in [-0.05, 0) is 30.7 Å². The van der Waals surface area contributed by atoms with Crippen LogP contribution in [0.4, 0.5) is 5.69 Å². The molecule has 0 fully saturated rings. The van der Waals surface area contributed by atoms with Crippen LogP contribution in [0.3, 0.4) is 0 Å². The van der Waals surface area contributed by atoms with Crippen molar-refractivity contribution in [1.29, 1.82) is 0 Å². The van der Waals surface area contributed by atoms with E-state index in [2.05, 4.69) is 10.6 Å². The van der Waals surface area contributed by atoms with Crippen LogP contribution in [0.5, 0.6) is 5.75 Å². The lowest BCUT2D eigenvalue weighted by Gasteiger charge is -2.14. The summed E-state index contributed by atoms with van der Waals surface area (Å²) in [5.74, 6) is 2.93. The normalized spacial score (nSPS) is 12.6. The minimum Gasteiger partial charge on any atom is -0.492 e. The lowest BCUT2D eigenvalue weighted by Crippen LogP contribution is -2.37. The van der Waals surface area contributed by atoms with Gasteiger partial charge in [-0.1, -0.05) is 6.92 Å². The molecule has 1 unspecified atom stereocenters. The zero-order valence-corrected chi connectivity index (χ0v) is 12.3. The van der Waals surface area contributed by atoms with Gasteiger partial charge in [0.2, 0.25) is 10.0 Å². The van der Waals surface area contributed by atoms with Gasteiger partial charge < -0.3 is 10.5 Å². The highest BCUT2D eigenvalue weighted by Gasteiger charge is 2.15. The lowest BCUT2D eigenvalue weighted by atomic mass is 10.2. The fourth-order valence-electron chi connectivity index (χ4n) is 1.56. The largest absolute Gasteiger partial charge is 0.492 e. The Labute approximate surface area is 120 Å². The predicted octanol–water partition coefficient (Wildman–Crippen LogP) is 1.37. The van der Waals surface area contributed by atoms with Crippen LogP contribution in [0, 0.1) is 12.3 Å². The Morgan fingerprint density at radius 1 is 1.40 bits per heavy atom. The molecule has 3 N–H and O–H groups in total. The van der Waals surface area contributed by atoms with Crippen LogP contribution in [-0.4, -0.2) is 26.8 Å². The molecule has 0 amide bonds. The van der Waals surface area contributed by atoms with Crippen LogP contribution in [0.25, 0.3) is 0 Å². The number of benzene rings is 1. The summed E-state index contributed by atoms with van der Waals surface area (Å²) < 4.78 is 31.6. The van der Waals surface area contributed by atoms with Gasteiger partial charge in [0.15, 0.2) is 0 Å².